The van der Waals surface area contributed by atoms with Gasteiger partial charge in [0.1, 0.15) is 11.5 Å². The van der Waals surface area contributed by atoms with Gasteiger partial charge in [0.05, 0.1) is 0 Å². The largest absolute Gasteiger partial charge is 0.466 e. The number of hydrogen-bond donors (Lipinski definition) is 2. The van der Waals surface area contributed by atoms with Crippen molar-refractivity contribution < 1.29 is 9.21 Å². The second-order valence-corrected chi connectivity index (χ2v) is 2.90. The fourth-order valence-electron chi connectivity index (χ4n) is 0.912. The minimum atomic E-state index is -0.307. The Kier molecular flexibility index (Phi) is 3.22. The van der Waals surface area contributed by atoms with Crippen LogP contribution in [0, 0.1) is 6.92 Å². The van der Waals surface area contributed by atoms with Gasteiger partial charge in [-0.15, -0.1) is 0 Å². The maximum atomic E-state index is 10.4. The number of furan rings is 1. The third kappa shape index (κ3) is 3.00. The Morgan fingerprint density at radius 2 is 2.42 bits per heavy atom. The molecule has 3 nitrogen and oxygen atoms in total. The number of amides is 1. The van der Waals surface area contributed by atoms with Crippen LogP contribution in [0.3, 0.4) is 0 Å². The Morgan fingerprint density at radius 3 is 2.92 bits per heavy atom. The summed E-state index contributed by atoms with van der Waals surface area (Å²) < 4.78 is 5.29. The van der Waals surface area contributed by atoms with E-state index in [0.29, 0.717) is 13.0 Å². The molecule has 1 aromatic heterocycles. The average molecular weight is 185 g/mol. The number of carbonyl (C=O) groups excluding carboxylic acids is 1. The lowest BCUT2D eigenvalue weighted by molar-refractivity contribution is 0.261. The molecule has 0 aromatic carbocycles. The fourth-order valence-corrected chi connectivity index (χ4v) is 1.02. The molecule has 1 amide bonds. The number of aryl methyl sites for hydroxylation is 1. The summed E-state index contributed by atoms with van der Waals surface area (Å²) in [5, 5.41) is 2.26. The van der Waals surface area contributed by atoms with E-state index in [9.17, 15) is 4.79 Å². The first-order valence-corrected chi connectivity index (χ1v) is 4.15. The van der Waals surface area contributed by atoms with E-state index >= 15 is 0 Å². The predicted octanol–water partition coefficient (Wildman–Crippen LogP) is 1.77. The lowest BCUT2D eigenvalue weighted by Crippen LogP contribution is -2.19. The van der Waals surface area contributed by atoms with Gasteiger partial charge in [-0.1, -0.05) is 12.6 Å². The van der Waals surface area contributed by atoms with Crippen molar-refractivity contribution in [2.24, 2.45) is 0 Å². The monoisotopic (exact) mass is 185 g/mol. The van der Waals surface area contributed by atoms with Gasteiger partial charge in [-0.25, -0.2) is 0 Å². The summed E-state index contributed by atoms with van der Waals surface area (Å²) in [5.74, 6) is 1.77. The van der Waals surface area contributed by atoms with Crippen molar-refractivity contribution >= 4 is 17.9 Å². The van der Waals surface area contributed by atoms with Crippen LogP contribution in [0.25, 0.3) is 0 Å². The van der Waals surface area contributed by atoms with Crippen LogP contribution in [0.15, 0.2) is 16.5 Å². The van der Waals surface area contributed by atoms with Gasteiger partial charge in [0.15, 0.2) is 0 Å². The van der Waals surface area contributed by atoms with Crippen LogP contribution < -0.4 is 5.32 Å². The van der Waals surface area contributed by atoms with Gasteiger partial charge in [-0.05, 0) is 19.1 Å². The Hall–Kier alpha value is -0.900. The van der Waals surface area contributed by atoms with E-state index in [4.69, 9.17) is 4.42 Å². The summed E-state index contributed by atoms with van der Waals surface area (Å²) in [6, 6.07) is 3.80. The molecule has 0 fully saturated rings. The summed E-state index contributed by atoms with van der Waals surface area (Å²) in [7, 11) is 0. The van der Waals surface area contributed by atoms with Gasteiger partial charge < -0.3 is 9.73 Å². The van der Waals surface area contributed by atoms with Gasteiger partial charge in [-0.2, -0.15) is 0 Å². The number of rotatable bonds is 3. The van der Waals surface area contributed by atoms with Crippen LogP contribution >= 0.6 is 12.6 Å². The highest BCUT2D eigenvalue weighted by molar-refractivity contribution is 7.96. The summed E-state index contributed by atoms with van der Waals surface area (Å²) in [6.45, 7) is 2.45. The molecule has 1 aromatic rings. The standard InChI is InChI=1S/C8H11NO2S/c1-6-2-3-7(11-6)4-5-9-8(10)12/h2-3H,4-5H2,1H3,(H2,9,10,12). The van der Waals surface area contributed by atoms with Gasteiger partial charge in [-0.3, -0.25) is 4.79 Å². The van der Waals surface area contributed by atoms with E-state index in [1.807, 2.05) is 19.1 Å². The molecular weight excluding hydrogens is 174 g/mol. The van der Waals surface area contributed by atoms with Crippen molar-refractivity contribution in [3.8, 4) is 0 Å². The van der Waals surface area contributed by atoms with E-state index in [1.54, 1.807) is 0 Å². The lowest BCUT2D eigenvalue weighted by Gasteiger charge is -1.97. The normalized spacial score (nSPS) is 9.83. The van der Waals surface area contributed by atoms with E-state index in [2.05, 4.69) is 17.9 Å². The molecule has 1 N–H and O–H groups in total. The second-order valence-electron chi connectivity index (χ2n) is 2.49. The molecule has 0 aliphatic carbocycles. The molecule has 0 unspecified atom stereocenters. The first kappa shape index (κ1) is 9.19. The zero-order chi connectivity index (χ0) is 8.97. The molecule has 1 rings (SSSR count). The van der Waals surface area contributed by atoms with Gasteiger partial charge in [0.2, 0.25) is 0 Å². The molecule has 0 spiro atoms. The van der Waals surface area contributed by atoms with Gasteiger partial charge in [0, 0.05) is 13.0 Å². The molecule has 0 bridgehead atoms. The summed E-state index contributed by atoms with van der Waals surface area (Å²) in [5.41, 5.74) is 0. The summed E-state index contributed by atoms with van der Waals surface area (Å²) >= 11 is 3.57. The van der Waals surface area contributed by atoms with Crippen LogP contribution in [0.2, 0.25) is 0 Å². The maximum Gasteiger partial charge on any atom is 0.275 e. The second kappa shape index (κ2) is 4.21. The van der Waals surface area contributed by atoms with Crippen molar-refractivity contribution in [1.82, 2.24) is 5.32 Å². The van der Waals surface area contributed by atoms with Crippen LogP contribution in [0.5, 0.6) is 0 Å². The van der Waals surface area contributed by atoms with Crippen LogP contribution in [-0.4, -0.2) is 11.8 Å². The van der Waals surface area contributed by atoms with E-state index in [0.717, 1.165) is 11.5 Å². The zero-order valence-electron chi connectivity index (χ0n) is 6.83. The van der Waals surface area contributed by atoms with Crippen molar-refractivity contribution in [3.63, 3.8) is 0 Å². The molecule has 1 heterocycles. The van der Waals surface area contributed by atoms with Crippen molar-refractivity contribution in [3.05, 3.63) is 23.7 Å². The van der Waals surface area contributed by atoms with Gasteiger partial charge in [0.25, 0.3) is 5.24 Å². The highest BCUT2D eigenvalue weighted by Gasteiger charge is 1.98. The SMILES string of the molecule is Cc1ccc(CCNC(=O)S)o1. The Bertz CT molecular complexity index is 270. The van der Waals surface area contributed by atoms with Crippen molar-refractivity contribution in [2.75, 3.05) is 6.54 Å². The molecule has 4 heteroatoms. The van der Waals surface area contributed by atoms with Crippen LogP contribution in [0.4, 0.5) is 4.79 Å². The van der Waals surface area contributed by atoms with E-state index < -0.39 is 0 Å². The number of hydrogen-bond acceptors (Lipinski definition) is 2. The van der Waals surface area contributed by atoms with Crippen LogP contribution in [0.1, 0.15) is 11.5 Å². The Balaban J connectivity index is 2.29. The lowest BCUT2D eigenvalue weighted by atomic mass is 10.3. The highest BCUT2D eigenvalue weighted by Crippen LogP contribution is 2.05. The molecule has 66 valence electrons. The topological polar surface area (TPSA) is 42.2 Å². The Labute approximate surface area is 76.6 Å². The van der Waals surface area contributed by atoms with Gasteiger partial charge >= 0.3 is 0 Å². The average Bonchev–Trinajstić information content (AvgIpc) is 2.35. The predicted molar refractivity (Wildman–Crippen MR) is 49.5 cm³/mol. The quantitative estimate of drug-likeness (QED) is 0.705. The van der Waals surface area contributed by atoms with Crippen molar-refractivity contribution in [2.45, 2.75) is 13.3 Å². The fraction of sp³-hybridized carbons (Fsp3) is 0.375. The summed E-state index contributed by atoms with van der Waals surface area (Å²) in [4.78, 5) is 10.4. The Morgan fingerprint density at radius 1 is 1.67 bits per heavy atom. The summed E-state index contributed by atoms with van der Waals surface area (Å²) in [6.07, 6.45) is 0.708. The minimum absolute atomic E-state index is 0.307. The molecule has 0 saturated heterocycles. The van der Waals surface area contributed by atoms with E-state index in [-0.39, 0.29) is 5.24 Å². The highest BCUT2D eigenvalue weighted by atomic mass is 32.1. The molecule has 0 saturated carbocycles. The molecule has 0 radical (unpaired) electrons. The van der Waals surface area contributed by atoms with Crippen LogP contribution in [-0.2, 0) is 6.42 Å². The maximum absolute atomic E-state index is 10.4. The molecular formula is C8H11NO2S. The molecule has 0 aliphatic heterocycles. The smallest absolute Gasteiger partial charge is 0.275 e. The number of thiol groups is 1. The molecule has 12 heavy (non-hydrogen) atoms. The minimum Gasteiger partial charge on any atom is -0.466 e. The zero-order valence-corrected chi connectivity index (χ0v) is 7.73. The molecule has 0 atom stereocenters. The first-order valence-electron chi connectivity index (χ1n) is 3.70. The first-order chi connectivity index (χ1) is 5.68. The van der Waals surface area contributed by atoms with E-state index in [1.165, 1.54) is 0 Å². The number of carbonyl (C=O) groups is 1. The molecule has 0 aliphatic rings. The third-order valence-corrected chi connectivity index (χ3v) is 1.60. The van der Waals surface area contributed by atoms with Crippen molar-refractivity contribution in [1.29, 1.82) is 0 Å². The third-order valence-electron chi connectivity index (χ3n) is 1.44. The number of nitrogens with one attached hydrogen (secondary N) is 1.